The Morgan fingerprint density at radius 3 is 2.75 bits per heavy atom. The lowest BCUT2D eigenvalue weighted by atomic mass is 9.76. The van der Waals surface area contributed by atoms with E-state index >= 15 is 0 Å². The summed E-state index contributed by atoms with van der Waals surface area (Å²) >= 11 is 0. The van der Waals surface area contributed by atoms with E-state index in [1.807, 2.05) is 0 Å². The van der Waals surface area contributed by atoms with Gasteiger partial charge in [0.05, 0.1) is 0 Å². The number of rotatable bonds is 0. The maximum Gasteiger partial charge on any atom is 0.00144 e. The summed E-state index contributed by atoms with van der Waals surface area (Å²) in [5.41, 5.74) is 0.624. The van der Waals surface area contributed by atoms with E-state index in [1.165, 1.54) is 32.4 Å². The van der Waals surface area contributed by atoms with Gasteiger partial charge in [-0.25, -0.2) is 0 Å². The molecule has 1 aliphatic carbocycles. The van der Waals surface area contributed by atoms with E-state index in [0.29, 0.717) is 5.41 Å². The van der Waals surface area contributed by atoms with Gasteiger partial charge in [0.1, 0.15) is 0 Å². The minimum Gasteiger partial charge on any atom is -0.306 e. The Kier molecular flexibility index (Phi) is 1.95. The van der Waals surface area contributed by atoms with Gasteiger partial charge in [-0.05, 0) is 50.1 Å². The molecule has 70 valence electrons. The van der Waals surface area contributed by atoms with Crippen LogP contribution in [0.4, 0.5) is 0 Å². The first-order valence-corrected chi connectivity index (χ1v) is 5.28. The van der Waals surface area contributed by atoms with Crippen LogP contribution < -0.4 is 0 Å². The molecule has 2 atom stereocenters. The molecule has 0 spiro atoms. The van der Waals surface area contributed by atoms with Crippen molar-refractivity contribution in [2.75, 3.05) is 20.1 Å². The Labute approximate surface area is 76.1 Å². The summed E-state index contributed by atoms with van der Waals surface area (Å²) in [5.74, 6) is 2.03. The molecule has 1 aliphatic heterocycles. The Bertz CT molecular complexity index is 174. The monoisotopic (exact) mass is 167 g/mol. The zero-order chi connectivity index (χ0) is 8.77. The highest BCUT2D eigenvalue weighted by molar-refractivity contribution is 4.94. The molecule has 1 saturated carbocycles. The Balaban J connectivity index is 2.10. The summed E-state index contributed by atoms with van der Waals surface area (Å²) in [7, 11) is 2.27. The molecule has 0 radical (unpaired) electrons. The zero-order valence-corrected chi connectivity index (χ0v) is 8.64. The van der Waals surface area contributed by atoms with E-state index in [4.69, 9.17) is 0 Å². The predicted molar refractivity (Wildman–Crippen MR) is 52.1 cm³/mol. The molecule has 2 aliphatic rings. The van der Waals surface area contributed by atoms with Crippen molar-refractivity contribution < 1.29 is 0 Å². The molecule has 0 aromatic rings. The van der Waals surface area contributed by atoms with Crippen molar-refractivity contribution in [2.45, 2.75) is 33.1 Å². The lowest BCUT2D eigenvalue weighted by molar-refractivity contribution is 0.101. The minimum atomic E-state index is 0.624. The van der Waals surface area contributed by atoms with Gasteiger partial charge in [0.15, 0.2) is 0 Å². The number of nitrogens with zero attached hydrogens (tertiary/aromatic N) is 1. The van der Waals surface area contributed by atoms with Crippen LogP contribution in [-0.4, -0.2) is 25.0 Å². The van der Waals surface area contributed by atoms with Crippen LogP contribution in [0.25, 0.3) is 0 Å². The van der Waals surface area contributed by atoms with E-state index in [1.54, 1.807) is 0 Å². The van der Waals surface area contributed by atoms with Crippen LogP contribution in [-0.2, 0) is 0 Å². The third-order valence-electron chi connectivity index (χ3n) is 4.12. The van der Waals surface area contributed by atoms with Crippen LogP contribution in [0.2, 0.25) is 0 Å². The van der Waals surface area contributed by atoms with Crippen LogP contribution in [0.5, 0.6) is 0 Å². The molecule has 1 nitrogen and oxygen atoms in total. The van der Waals surface area contributed by atoms with Gasteiger partial charge in [0.2, 0.25) is 0 Å². The SMILES string of the molecule is CN1CCC2CCC(C)(C)C2C1. The molecule has 0 N–H and O–H groups in total. The standard InChI is InChI=1S/C11H21N/c1-11(2)6-4-9-5-7-12(3)8-10(9)11/h9-10H,4-8H2,1-3H3. The third kappa shape index (κ3) is 1.28. The van der Waals surface area contributed by atoms with Crippen molar-refractivity contribution >= 4 is 0 Å². The fourth-order valence-electron chi connectivity index (χ4n) is 3.14. The Morgan fingerprint density at radius 1 is 1.25 bits per heavy atom. The molecule has 0 amide bonds. The fourth-order valence-corrected chi connectivity index (χ4v) is 3.14. The van der Waals surface area contributed by atoms with Gasteiger partial charge in [-0.3, -0.25) is 0 Å². The van der Waals surface area contributed by atoms with Gasteiger partial charge in [-0.2, -0.15) is 0 Å². The summed E-state index contributed by atoms with van der Waals surface area (Å²) in [4.78, 5) is 2.51. The van der Waals surface area contributed by atoms with Crippen LogP contribution in [0.15, 0.2) is 0 Å². The second-order valence-electron chi connectivity index (χ2n) is 5.44. The molecular formula is C11H21N. The second-order valence-corrected chi connectivity index (χ2v) is 5.44. The smallest absolute Gasteiger partial charge is 0.00144 e. The Hall–Kier alpha value is -0.0400. The molecule has 2 fully saturated rings. The number of hydrogen-bond donors (Lipinski definition) is 0. The average molecular weight is 167 g/mol. The summed E-state index contributed by atoms with van der Waals surface area (Å²) in [6.07, 6.45) is 4.40. The van der Waals surface area contributed by atoms with E-state index in [0.717, 1.165) is 11.8 Å². The number of piperidine rings is 1. The topological polar surface area (TPSA) is 3.24 Å². The van der Waals surface area contributed by atoms with Crippen LogP contribution in [0.3, 0.4) is 0 Å². The molecular weight excluding hydrogens is 146 g/mol. The van der Waals surface area contributed by atoms with Gasteiger partial charge in [0, 0.05) is 6.54 Å². The third-order valence-corrected chi connectivity index (χ3v) is 4.12. The molecule has 2 unspecified atom stereocenters. The van der Waals surface area contributed by atoms with Gasteiger partial charge in [0.25, 0.3) is 0 Å². The van der Waals surface area contributed by atoms with Gasteiger partial charge < -0.3 is 4.90 Å². The van der Waals surface area contributed by atoms with E-state index in [9.17, 15) is 0 Å². The second kappa shape index (κ2) is 2.73. The first-order chi connectivity index (χ1) is 5.59. The van der Waals surface area contributed by atoms with E-state index < -0.39 is 0 Å². The lowest BCUT2D eigenvalue weighted by Gasteiger charge is -2.38. The molecule has 0 aromatic carbocycles. The first kappa shape index (κ1) is 8.55. The summed E-state index contributed by atoms with van der Waals surface area (Å²) < 4.78 is 0. The highest BCUT2D eigenvalue weighted by atomic mass is 15.1. The maximum atomic E-state index is 2.51. The molecule has 1 heteroatoms. The van der Waals surface area contributed by atoms with E-state index in [2.05, 4.69) is 25.8 Å². The van der Waals surface area contributed by atoms with Crippen LogP contribution in [0.1, 0.15) is 33.1 Å². The first-order valence-electron chi connectivity index (χ1n) is 5.28. The quantitative estimate of drug-likeness (QED) is 0.535. The normalized spacial score (nSPS) is 41.2. The van der Waals surface area contributed by atoms with E-state index in [-0.39, 0.29) is 0 Å². The number of hydrogen-bond acceptors (Lipinski definition) is 1. The lowest BCUT2D eigenvalue weighted by Crippen LogP contribution is -2.40. The van der Waals surface area contributed by atoms with Crippen molar-refractivity contribution in [3.05, 3.63) is 0 Å². The van der Waals surface area contributed by atoms with Crippen molar-refractivity contribution in [1.29, 1.82) is 0 Å². The van der Waals surface area contributed by atoms with Crippen molar-refractivity contribution in [3.8, 4) is 0 Å². The van der Waals surface area contributed by atoms with Gasteiger partial charge >= 0.3 is 0 Å². The highest BCUT2D eigenvalue weighted by Gasteiger charge is 2.43. The molecule has 12 heavy (non-hydrogen) atoms. The largest absolute Gasteiger partial charge is 0.306 e. The van der Waals surface area contributed by atoms with Crippen LogP contribution >= 0.6 is 0 Å². The Morgan fingerprint density at radius 2 is 2.00 bits per heavy atom. The molecule has 2 rings (SSSR count). The molecule has 1 saturated heterocycles. The van der Waals surface area contributed by atoms with Crippen molar-refractivity contribution in [2.24, 2.45) is 17.3 Å². The molecule has 1 heterocycles. The molecule has 0 bridgehead atoms. The van der Waals surface area contributed by atoms with Crippen molar-refractivity contribution in [1.82, 2.24) is 4.90 Å². The van der Waals surface area contributed by atoms with Gasteiger partial charge in [-0.15, -0.1) is 0 Å². The summed E-state index contributed by atoms with van der Waals surface area (Å²) in [5, 5.41) is 0. The minimum absolute atomic E-state index is 0.624. The van der Waals surface area contributed by atoms with Crippen molar-refractivity contribution in [3.63, 3.8) is 0 Å². The summed E-state index contributed by atoms with van der Waals surface area (Å²) in [6, 6.07) is 0. The van der Waals surface area contributed by atoms with Crippen LogP contribution in [0, 0.1) is 17.3 Å². The zero-order valence-electron chi connectivity index (χ0n) is 8.64. The number of fused-ring (bicyclic) bond motifs is 1. The average Bonchev–Trinajstić information content (AvgIpc) is 2.28. The number of likely N-dealkylation sites (tertiary alicyclic amines) is 1. The molecule has 0 aromatic heterocycles. The summed E-state index contributed by atoms with van der Waals surface area (Å²) in [6.45, 7) is 7.59. The highest BCUT2D eigenvalue weighted by Crippen LogP contribution is 2.49. The van der Waals surface area contributed by atoms with Gasteiger partial charge in [-0.1, -0.05) is 13.8 Å². The predicted octanol–water partition coefficient (Wildman–Crippen LogP) is 2.37. The maximum absolute atomic E-state index is 2.51. The fraction of sp³-hybridized carbons (Fsp3) is 1.00.